The van der Waals surface area contributed by atoms with E-state index in [1.807, 2.05) is 62.4 Å². The van der Waals surface area contributed by atoms with E-state index >= 15 is 0 Å². The van der Waals surface area contributed by atoms with Crippen LogP contribution in [-0.2, 0) is 20.8 Å². The van der Waals surface area contributed by atoms with Crippen molar-refractivity contribution in [3.05, 3.63) is 65.2 Å². The van der Waals surface area contributed by atoms with E-state index in [9.17, 15) is 14.4 Å². The number of amides is 3. The predicted octanol–water partition coefficient (Wildman–Crippen LogP) is 3.88. The molecule has 31 heavy (non-hydrogen) atoms. The van der Waals surface area contributed by atoms with Crippen LogP contribution in [0.15, 0.2) is 48.5 Å². The minimum absolute atomic E-state index is 0.139. The quantitative estimate of drug-likeness (QED) is 0.752. The van der Waals surface area contributed by atoms with Gasteiger partial charge in [-0.15, -0.1) is 0 Å². The van der Waals surface area contributed by atoms with Gasteiger partial charge in [-0.2, -0.15) is 0 Å². The largest absolute Gasteiger partial charge is 0.324 e. The van der Waals surface area contributed by atoms with Crippen molar-refractivity contribution in [3.63, 3.8) is 0 Å². The Morgan fingerprint density at radius 3 is 2.10 bits per heavy atom. The van der Waals surface area contributed by atoms with Crippen LogP contribution in [0.2, 0.25) is 0 Å². The maximum absolute atomic E-state index is 13.5. The van der Waals surface area contributed by atoms with Gasteiger partial charge in [0.25, 0.3) is 0 Å². The predicted molar refractivity (Wildman–Crippen MR) is 118 cm³/mol. The molecule has 1 N–H and O–H groups in total. The molecule has 1 aliphatic heterocycles. The molecule has 5 rings (SSSR count). The molecule has 0 spiro atoms. The van der Waals surface area contributed by atoms with Crippen LogP contribution in [0.4, 0.5) is 5.69 Å². The summed E-state index contributed by atoms with van der Waals surface area (Å²) in [4.78, 5) is 41.7. The Balaban J connectivity index is 1.48. The summed E-state index contributed by atoms with van der Waals surface area (Å²) < 4.78 is 0. The van der Waals surface area contributed by atoms with Crippen molar-refractivity contribution in [3.8, 4) is 0 Å². The van der Waals surface area contributed by atoms with E-state index in [1.54, 1.807) is 0 Å². The first-order chi connectivity index (χ1) is 15.0. The average molecular weight is 417 g/mol. The summed E-state index contributed by atoms with van der Waals surface area (Å²) in [6, 6.07) is 14.6. The van der Waals surface area contributed by atoms with Crippen LogP contribution in [0.1, 0.15) is 36.0 Å². The van der Waals surface area contributed by atoms with Gasteiger partial charge in [0, 0.05) is 12.1 Å². The second-order valence-corrected chi connectivity index (χ2v) is 9.39. The number of likely N-dealkylation sites (tertiary alicyclic amines) is 1. The van der Waals surface area contributed by atoms with E-state index in [0.29, 0.717) is 18.3 Å². The van der Waals surface area contributed by atoms with E-state index in [1.165, 1.54) is 4.90 Å². The fourth-order valence-electron chi connectivity index (χ4n) is 6.10. The molecule has 2 aromatic carbocycles. The van der Waals surface area contributed by atoms with E-state index in [4.69, 9.17) is 0 Å². The van der Waals surface area contributed by atoms with E-state index in [2.05, 4.69) is 5.32 Å². The first-order valence-corrected chi connectivity index (χ1v) is 11.2. The van der Waals surface area contributed by atoms with Gasteiger partial charge in [-0.05, 0) is 61.6 Å². The van der Waals surface area contributed by atoms with E-state index in [0.717, 1.165) is 41.6 Å². The minimum Gasteiger partial charge on any atom is -0.324 e. The Kier molecular flexibility index (Phi) is 4.92. The third kappa shape index (κ3) is 3.27. The molecule has 2 aromatic rings. The van der Waals surface area contributed by atoms with Gasteiger partial charge in [-0.3, -0.25) is 19.3 Å². The summed E-state index contributed by atoms with van der Waals surface area (Å²) >= 11 is 0. The van der Waals surface area contributed by atoms with Gasteiger partial charge in [-0.1, -0.05) is 48.5 Å². The summed E-state index contributed by atoms with van der Waals surface area (Å²) in [5.74, 6) is -0.420. The zero-order valence-electron chi connectivity index (χ0n) is 18.0. The number of nitrogens with zero attached hydrogens (tertiary/aromatic N) is 1. The molecule has 0 aromatic heterocycles. The highest BCUT2D eigenvalue weighted by atomic mass is 16.2. The Labute approximate surface area is 182 Å². The van der Waals surface area contributed by atoms with Gasteiger partial charge in [-0.25, -0.2) is 0 Å². The summed E-state index contributed by atoms with van der Waals surface area (Å²) in [5.41, 5.74) is 3.61. The number of fused-ring (bicyclic) bond motifs is 5. The lowest BCUT2D eigenvalue weighted by Gasteiger charge is -2.27. The number of anilines is 1. The molecular formula is C26H28N2O3. The number of carbonyl (C=O) groups excluding carboxylic acids is 3. The summed E-state index contributed by atoms with van der Waals surface area (Å²) in [6.45, 7) is 3.89. The molecule has 5 nitrogen and oxygen atoms in total. The van der Waals surface area contributed by atoms with Crippen LogP contribution in [0.5, 0.6) is 0 Å². The van der Waals surface area contributed by atoms with E-state index < -0.39 is 6.04 Å². The van der Waals surface area contributed by atoms with Crippen molar-refractivity contribution in [1.82, 2.24) is 4.90 Å². The van der Waals surface area contributed by atoms with Crippen LogP contribution in [0.25, 0.3) is 0 Å². The number of imide groups is 1. The molecule has 2 bridgehead atoms. The number of carbonyl (C=O) groups is 3. The topological polar surface area (TPSA) is 66.5 Å². The molecular weight excluding hydrogens is 388 g/mol. The number of hydrogen-bond acceptors (Lipinski definition) is 3. The number of rotatable bonds is 5. The standard InChI is InChI=1S/C26H28N2O3/c1-15-7-6-8-16(2)23(15)27-24(29)20(13-17-9-4-3-5-10-17)28-25(30)21-18-11-12-19(14-18)22(21)26(28)31/h3-10,18-22H,11-14H2,1-2H3,(H,27,29)/t18-,19+,20-,21-,22-/m0/s1. The number of nitrogens with one attached hydrogen (secondary N) is 1. The molecule has 0 radical (unpaired) electrons. The fraction of sp³-hybridized carbons (Fsp3) is 0.423. The second kappa shape index (κ2) is 7.63. The monoisotopic (exact) mass is 416 g/mol. The highest BCUT2D eigenvalue weighted by Gasteiger charge is 2.62. The molecule has 5 atom stereocenters. The molecule has 2 saturated carbocycles. The number of hydrogen-bond donors (Lipinski definition) is 1. The lowest BCUT2D eigenvalue weighted by molar-refractivity contribution is -0.147. The maximum Gasteiger partial charge on any atom is 0.248 e. The Hall–Kier alpha value is -2.95. The minimum atomic E-state index is -0.841. The van der Waals surface area contributed by atoms with Gasteiger partial charge in [0.1, 0.15) is 6.04 Å². The smallest absolute Gasteiger partial charge is 0.248 e. The van der Waals surface area contributed by atoms with Crippen LogP contribution < -0.4 is 5.32 Å². The van der Waals surface area contributed by atoms with Crippen molar-refractivity contribution < 1.29 is 14.4 Å². The summed E-state index contributed by atoms with van der Waals surface area (Å²) in [7, 11) is 0. The molecule has 5 heteroatoms. The zero-order chi connectivity index (χ0) is 21.7. The van der Waals surface area contributed by atoms with Crippen LogP contribution in [0.3, 0.4) is 0 Å². The molecule has 2 aliphatic carbocycles. The lowest BCUT2D eigenvalue weighted by atomic mass is 9.81. The van der Waals surface area contributed by atoms with Gasteiger partial charge >= 0.3 is 0 Å². The molecule has 1 heterocycles. The highest BCUT2D eigenvalue weighted by molar-refractivity contribution is 6.10. The maximum atomic E-state index is 13.5. The summed E-state index contributed by atoms with van der Waals surface area (Å²) in [5, 5.41) is 3.04. The third-order valence-corrected chi connectivity index (χ3v) is 7.58. The Bertz CT molecular complexity index is 1000. The van der Waals surface area contributed by atoms with Crippen molar-refractivity contribution in [2.75, 3.05) is 5.32 Å². The van der Waals surface area contributed by atoms with Gasteiger partial charge < -0.3 is 5.32 Å². The Morgan fingerprint density at radius 1 is 0.935 bits per heavy atom. The normalized spacial score (nSPS) is 27.5. The van der Waals surface area contributed by atoms with Gasteiger partial charge in [0.2, 0.25) is 17.7 Å². The molecule has 3 fully saturated rings. The van der Waals surface area contributed by atoms with Gasteiger partial charge in [0.05, 0.1) is 11.8 Å². The van der Waals surface area contributed by atoms with Crippen molar-refractivity contribution in [2.45, 2.75) is 45.6 Å². The molecule has 160 valence electrons. The van der Waals surface area contributed by atoms with Crippen molar-refractivity contribution in [1.29, 1.82) is 0 Å². The second-order valence-electron chi connectivity index (χ2n) is 9.39. The molecule has 0 unspecified atom stereocenters. The molecule has 1 saturated heterocycles. The zero-order valence-corrected chi connectivity index (χ0v) is 18.0. The Morgan fingerprint density at radius 2 is 1.52 bits per heavy atom. The fourth-order valence-corrected chi connectivity index (χ4v) is 6.10. The molecule has 3 aliphatic rings. The molecule has 3 amide bonds. The highest BCUT2D eigenvalue weighted by Crippen LogP contribution is 2.56. The third-order valence-electron chi connectivity index (χ3n) is 7.58. The average Bonchev–Trinajstić information content (AvgIpc) is 3.44. The first-order valence-electron chi connectivity index (χ1n) is 11.2. The number of benzene rings is 2. The van der Waals surface area contributed by atoms with Crippen LogP contribution in [-0.4, -0.2) is 28.7 Å². The van der Waals surface area contributed by atoms with Crippen LogP contribution >= 0.6 is 0 Å². The summed E-state index contributed by atoms with van der Waals surface area (Å²) in [6.07, 6.45) is 3.36. The first kappa shape index (κ1) is 20.0. The van der Waals surface area contributed by atoms with Gasteiger partial charge in [0.15, 0.2) is 0 Å². The van der Waals surface area contributed by atoms with Crippen molar-refractivity contribution in [2.24, 2.45) is 23.7 Å². The van der Waals surface area contributed by atoms with Crippen molar-refractivity contribution >= 4 is 23.4 Å². The van der Waals surface area contributed by atoms with E-state index in [-0.39, 0.29) is 29.6 Å². The lowest BCUT2D eigenvalue weighted by Crippen LogP contribution is -2.49. The number of para-hydroxylation sites is 1. The number of aryl methyl sites for hydroxylation is 2. The SMILES string of the molecule is Cc1cccc(C)c1NC(=O)[C@H](Cc1ccccc1)N1C(=O)[C@H]2[C@@H]3CC[C@@H](C3)[C@@H]2C1=O. The van der Waals surface area contributed by atoms with Crippen LogP contribution in [0, 0.1) is 37.5 Å².